The molecule has 1 atom stereocenters. The van der Waals surface area contributed by atoms with Gasteiger partial charge in [0.15, 0.2) is 0 Å². The van der Waals surface area contributed by atoms with E-state index in [1.807, 2.05) is 0 Å². The number of halogens is 1. The lowest BCUT2D eigenvalue weighted by molar-refractivity contribution is -0.137. The van der Waals surface area contributed by atoms with E-state index in [-0.39, 0.29) is 23.8 Å². The molecule has 0 saturated carbocycles. The molecule has 7 heteroatoms. The standard InChI is InChI=1S/C12H14BrNO4S/c13-10-2-1-3-11(7-10)19(17,18)14-5-4-9(8-14)6-12(15)16/h1-3,7,9H,4-6,8H2,(H,15,16). The van der Waals surface area contributed by atoms with Gasteiger partial charge in [0.05, 0.1) is 4.90 Å². The van der Waals surface area contributed by atoms with Crippen molar-refractivity contribution in [3.8, 4) is 0 Å². The number of nitrogens with zero attached hydrogens (tertiary/aromatic N) is 1. The molecule has 1 aliphatic heterocycles. The van der Waals surface area contributed by atoms with Crippen LogP contribution in [0.3, 0.4) is 0 Å². The summed E-state index contributed by atoms with van der Waals surface area (Å²) in [7, 11) is -3.52. The molecule has 1 unspecified atom stereocenters. The maximum absolute atomic E-state index is 12.4. The summed E-state index contributed by atoms with van der Waals surface area (Å²) in [6.45, 7) is 0.661. The highest BCUT2D eigenvalue weighted by Gasteiger charge is 2.33. The number of carbonyl (C=O) groups is 1. The van der Waals surface area contributed by atoms with Gasteiger partial charge in [0, 0.05) is 24.0 Å². The fraction of sp³-hybridized carbons (Fsp3) is 0.417. The van der Waals surface area contributed by atoms with E-state index in [1.54, 1.807) is 24.3 Å². The molecule has 104 valence electrons. The van der Waals surface area contributed by atoms with Crippen LogP contribution in [-0.4, -0.2) is 36.9 Å². The van der Waals surface area contributed by atoms with E-state index in [1.165, 1.54) is 4.31 Å². The van der Waals surface area contributed by atoms with Crippen LogP contribution in [0.2, 0.25) is 0 Å². The minimum Gasteiger partial charge on any atom is -0.481 e. The molecular weight excluding hydrogens is 334 g/mol. The van der Waals surface area contributed by atoms with Crippen molar-refractivity contribution < 1.29 is 18.3 Å². The van der Waals surface area contributed by atoms with Crippen LogP contribution in [0, 0.1) is 5.92 Å². The van der Waals surface area contributed by atoms with E-state index < -0.39 is 16.0 Å². The Morgan fingerprint density at radius 3 is 2.84 bits per heavy atom. The highest BCUT2D eigenvalue weighted by Crippen LogP contribution is 2.27. The first-order valence-corrected chi connectivity index (χ1v) is 8.10. The van der Waals surface area contributed by atoms with E-state index >= 15 is 0 Å². The second-order valence-corrected chi connectivity index (χ2v) is 7.43. The quantitative estimate of drug-likeness (QED) is 0.902. The molecule has 0 radical (unpaired) electrons. The molecule has 1 aliphatic rings. The van der Waals surface area contributed by atoms with Gasteiger partial charge in [-0.05, 0) is 30.5 Å². The zero-order valence-electron chi connectivity index (χ0n) is 10.1. The monoisotopic (exact) mass is 347 g/mol. The van der Waals surface area contributed by atoms with Crippen LogP contribution < -0.4 is 0 Å². The molecule has 0 spiro atoms. The van der Waals surface area contributed by atoms with Crippen molar-refractivity contribution in [3.63, 3.8) is 0 Å². The third-order valence-corrected chi connectivity index (χ3v) is 5.50. The maximum Gasteiger partial charge on any atom is 0.303 e. The molecule has 1 aromatic rings. The van der Waals surface area contributed by atoms with E-state index in [0.717, 1.165) is 0 Å². The first-order valence-electron chi connectivity index (χ1n) is 5.87. The van der Waals surface area contributed by atoms with Gasteiger partial charge in [-0.25, -0.2) is 8.42 Å². The van der Waals surface area contributed by atoms with E-state index in [2.05, 4.69) is 15.9 Å². The SMILES string of the molecule is O=C(O)CC1CCN(S(=O)(=O)c2cccc(Br)c2)C1. The number of carboxylic acids is 1. The highest BCUT2D eigenvalue weighted by molar-refractivity contribution is 9.10. The minimum atomic E-state index is -3.52. The number of rotatable bonds is 4. The van der Waals surface area contributed by atoms with Gasteiger partial charge in [-0.1, -0.05) is 22.0 Å². The number of aliphatic carboxylic acids is 1. The van der Waals surface area contributed by atoms with E-state index in [4.69, 9.17) is 5.11 Å². The molecule has 1 N–H and O–H groups in total. The smallest absolute Gasteiger partial charge is 0.303 e. The van der Waals surface area contributed by atoms with Crippen LogP contribution >= 0.6 is 15.9 Å². The Morgan fingerprint density at radius 1 is 1.47 bits per heavy atom. The molecule has 1 saturated heterocycles. The molecule has 0 amide bonds. The first kappa shape index (κ1) is 14.5. The third-order valence-electron chi connectivity index (χ3n) is 3.15. The molecule has 0 bridgehead atoms. The van der Waals surface area contributed by atoms with E-state index in [0.29, 0.717) is 17.4 Å². The molecule has 1 fully saturated rings. The average Bonchev–Trinajstić information content (AvgIpc) is 2.77. The summed E-state index contributed by atoms with van der Waals surface area (Å²) < 4.78 is 26.8. The number of carboxylic acid groups (broad SMARTS) is 1. The maximum atomic E-state index is 12.4. The lowest BCUT2D eigenvalue weighted by Gasteiger charge is -2.16. The molecule has 5 nitrogen and oxygen atoms in total. The second-order valence-electron chi connectivity index (χ2n) is 4.57. The van der Waals surface area contributed by atoms with Crippen LogP contribution in [0.5, 0.6) is 0 Å². The zero-order chi connectivity index (χ0) is 14.0. The molecular formula is C12H14BrNO4S. The Labute approximate surface area is 120 Å². The van der Waals surface area contributed by atoms with Crippen molar-refractivity contribution >= 4 is 31.9 Å². The largest absolute Gasteiger partial charge is 0.481 e. The Bertz CT molecular complexity index is 587. The van der Waals surface area contributed by atoms with Gasteiger partial charge in [-0.15, -0.1) is 0 Å². The van der Waals surface area contributed by atoms with Crippen molar-refractivity contribution in [3.05, 3.63) is 28.7 Å². The number of hydrogen-bond donors (Lipinski definition) is 1. The van der Waals surface area contributed by atoms with Crippen molar-refractivity contribution in [1.82, 2.24) is 4.31 Å². The highest BCUT2D eigenvalue weighted by atomic mass is 79.9. The van der Waals surface area contributed by atoms with Crippen LogP contribution in [0.25, 0.3) is 0 Å². The predicted molar refractivity (Wildman–Crippen MR) is 73.3 cm³/mol. The number of sulfonamides is 1. The van der Waals surface area contributed by atoms with Gasteiger partial charge in [-0.2, -0.15) is 4.31 Å². The Hall–Kier alpha value is -0.920. The zero-order valence-corrected chi connectivity index (χ0v) is 12.5. The van der Waals surface area contributed by atoms with Gasteiger partial charge in [0.2, 0.25) is 10.0 Å². The lowest BCUT2D eigenvalue weighted by atomic mass is 10.1. The minimum absolute atomic E-state index is 0.0184. The topological polar surface area (TPSA) is 74.7 Å². The summed E-state index contributed by atoms with van der Waals surface area (Å²) >= 11 is 3.25. The van der Waals surface area contributed by atoms with Gasteiger partial charge in [0.1, 0.15) is 0 Å². The Kier molecular flexibility index (Phi) is 4.27. The summed E-state index contributed by atoms with van der Waals surface area (Å²) in [5.41, 5.74) is 0. The third kappa shape index (κ3) is 3.34. The molecule has 0 aromatic heterocycles. The second kappa shape index (κ2) is 5.60. The fourth-order valence-corrected chi connectivity index (χ4v) is 4.33. The average molecular weight is 348 g/mol. The summed E-state index contributed by atoms with van der Waals surface area (Å²) in [5, 5.41) is 8.74. The summed E-state index contributed by atoms with van der Waals surface area (Å²) in [6.07, 6.45) is 0.615. The van der Waals surface area contributed by atoms with E-state index in [9.17, 15) is 13.2 Å². The van der Waals surface area contributed by atoms with Gasteiger partial charge < -0.3 is 5.11 Å². The van der Waals surface area contributed by atoms with Crippen molar-refractivity contribution in [1.29, 1.82) is 0 Å². The molecule has 2 rings (SSSR count). The first-order chi connectivity index (χ1) is 8.89. The van der Waals surface area contributed by atoms with Crippen LogP contribution in [0.15, 0.2) is 33.6 Å². The molecule has 0 aliphatic carbocycles. The van der Waals surface area contributed by atoms with Crippen molar-refractivity contribution in [2.45, 2.75) is 17.7 Å². The van der Waals surface area contributed by atoms with Crippen LogP contribution in [0.1, 0.15) is 12.8 Å². The predicted octanol–water partition coefficient (Wildman–Crippen LogP) is 1.93. The van der Waals surface area contributed by atoms with Gasteiger partial charge in [0.25, 0.3) is 0 Å². The molecule has 19 heavy (non-hydrogen) atoms. The lowest BCUT2D eigenvalue weighted by Crippen LogP contribution is -2.29. The Morgan fingerprint density at radius 2 is 2.21 bits per heavy atom. The van der Waals surface area contributed by atoms with Gasteiger partial charge >= 0.3 is 5.97 Å². The summed E-state index contributed by atoms with van der Waals surface area (Å²) in [4.78, 5) is 10.9. The normalized spacial score (nSPS) is 20.6. The van der Waals surface area contributed by atoms with Crippen LogP contribution in [0.4, 0.5) is 0 Å². The van der Waals surface area contributed by atoms with Crippen molar-refractivity contribution in [2.75, 3.05) is 13.1 Å². The Balaban J connectivity index is 2.16. The van der Waals surface area contributed by atoms with Crippen molar-refractivity contribution in [2.24, 2.45) is 5.92 Å². The van der Waals surface area contributed by atoms with Crippen LogP contribution in [-0.2, 0) is 14.8 Å². The molecule has 1 heterocycles. The number of benzene rings is 1. The molecule has 1 aromatic carbocycles. The fourth-order valence-electron chi connectivity index (χ4n) is 2.21. The van der Waals surface area contributed by atoms with Gasteiger partial charge in [-0.3, -0.25) is 4.79 Å². The summed E-state index contributed by atoms with van der Waals surface area (Å²) in [6, 6.07) is 6.53. The number of hydrogen-bond acceptors (Lipinski definition) is 3. The summed E-state index contributed by atoms with van der Waals surface area (Å²) in [5.74, 6) is -0.980.